The molecule has 1 aromatic carbocycles. The van der Waals surface area contributed by atoms with Crippen molar-refractivity contribution in [3.05, 3.63) is 59.4 Å². The third kappa shape index (κ3) is 3.65. The minimum Gasteiger partial charge on any atom is -0.321 e. The molecule has 1 heterocycles. The zero-order valence-corrected chi connectivity index (χ0v) is 11.8. The molecular weight excluding hydrogens is 250 g/mol. The van der Waals surface area contributed by atoms with Crippen molar-refractivity contribution in [2.24, 2.45) is 0 Å². The maximum atomic E-state index is 12.4. The molecule has 20 heavy (non-hydrogen) atoms. The molecule has 2 rings (SSSR count). The van der Waals surface area contributed by atoms with Gasteiger partial charge in [0.25, 0.3) is 5.91 Å². The molecule has 2 N–H and O–H groups in total. The third-order valence-corrected chi connectivity index (χ3v) is 3.04. The van der Waals surface area contributed by atoms with Gasteiger partial charge in [0.1, 0.15) is 0 Å². The molecule has 0 fully saturated rings. The molecule has 0 spiro atoms. The van der Waals surface area contributed by atoms with Crippen LogP contribution >= 0.6 is 0 Å². The van der Waals surface area contributed by atoms with Gasteiger partial charge >= 0.3 is 0 Å². The Morgan fingerprint density at radius 2 is 2.05 bits per heavy atom. The number of hydrogen-bond acceptors (Lipinski definition) is 3. The van der Waals surface area contributed by atoms with Gasteiger partial charge < -0.3 is 10.6 Å². The second-order valence-electron chi connectivity index (χ2n) is 4.72. The molecule has 0 saturated heterocycles. The Labute approximate surface area is 119 Å². The fourth-order valence-corrected chi connectivity index (χ4v) is 2.04. The Morgan fingerprint density at radius 1 is 1.25 bits per heavy atom. The second-order valence-corrected chi connectivity index (χ2v) is 4.72. The van der Waals surface area contributed by atoms with Crippen LogP contribution < -0.4 is 10.6 Å². The quantitative estimate of drug-likeness (QED) is 0.876. The first-order chi connectivity index (χ1) is 9.70. The van der Waals surface area contributed by atoms with E-state index in [1.54, 1.807) is 12.4 Å². The zero-order chi connectivity index (χ0) is 14.4. The molecule has 2 aromatic rings. The molecule has 1 aromatic heterocycles. The lowest BCUT2D eigenvalue weighted by Gasteiger charge is -2.10. The topological polar surface area (TPSA) is 54.0 Å². The van der Waals surface area contributed by atoms with Gasteiger partial charge in [-0.3, -0.25) is 9.78 Å². The summed E-state index contributed by atoms with van der Waals surface area (Å²) in [5.74, 6) is -0.0934. The Balaban J connectivity index is 2.16. The third-order valence-electron chi connectivity index (χ3n) is 3.04. The van der Waals surface area contributed by atoms with E-state index in [1.165, 1.54) is 0 Å². The van der Waals surface area contributed by atoms with Gasteiger partial charge in [-0.15, -0.1) is 0 Å². The molecule has 0 unspecified atom stereocenters. The van der Waals surface area contributed by atoms with Gasteiger partial charge in [0.2, 0.25) is 0 Å². The van der Waals surface area contributed by atoms with Crippen LogP contribution in [0.2, 0.25) is 0 Å². The van der Waals surface area contributed by atoms with Crippen LogP contribution in [-0.2, 0) is 6.42 Å². The van der Waals surface area contributed by atoms with Crippen LogP contribution in [0.3, 0.4) is 0 Å². The number of hydrogen-bond donors (Lipinski definition) is 2. The van der Waals surface area contributed by atoms with E-state index in [0.717, 1.165) is 29.8 Å². The minimum absolute atomic E-state index is 0.0934. The summed E-state index contributed by atoms with van der Waals surface area (Å²) in [6.45, 7) is 2.79. The van der Waals surface area contributed by atoms with Crippen LogP contribution in [0, 0.1) is 6.92 Å². The predicted molar refractivity (Wildman–Crippen MR) is 81.0 cm³/mol. The Kier molecular flexibility index (Phi) is 4.85. The molecular formula is C16H19N3O. The summed E-state index contributed by atoms with van der Waals surface area (Å²) in [7, 11) is 1.90. The van der Waals surface area contributed by atoms with Crippen molar-refractivity contribution in [2.45, 2.75) is 13.3 Å². The highest BCUT2D eigenvalue weighted by Gasteiger charge is 2.10. The number of aromatic nitrogens is 1. The van der Waals surface area contributed by atoms with Crippen LogP contribution in [0.4, 0.5) is 5.69 Å². The standard InChI is InChI=1S/C16H19N3O/c1-12-9-14(11-18-10-12)19-16(20)15-6-4-3-5-13(15)7-8-17-2/h3-6,9-11,17H,7-8H2,1-2H3,(H,19,20). The van der Waals surface area contributed by atoms with Gasteiger partial charge in [0.15, 0.2) is 0 Å². The van der Waals surface area contributed by atoms with Crippen molar-refractivity contribution in [1.29, 1.82) is 0 Å². The molecule has 0 aliphatic heterocycles. The molecule has 0 saturated carbocycles. The number of aryl methyl sites for hydroxylation is 1. The number of carbonyl (C=O) groups is 1. The highest BCUT2D eigenvalue weighted by Crippen LogP contribution is 2.13. The summed E-state index contributed by atoms with van der Waals surface area (Å²) in [5, 5.41) is 5.99. The van der Waals surface area contributed by atoms with Crippen molar-refractivity contribution in [2.75, 3.05) is 18.9 Å². The van der Waals surface area contributed by atoms with Crippen LogP contribution in [0.15, 0.2) is 42.7 Å². The van der Waals surface area contributed by atoms with Crippen molar-refractivity contribution < 1.29 is 4.79 Å². The van der Waals surface area contributed by atoms with E-state index >= 15 is 0 Å². The molecule has 4 nitrogen and oxygen atoms in total. The molecule has 104 valence electrons. The van der Waals surface area contributed by atoms with E-state index in [2.05, 4.69) is 15.6 Å². The van der Waals surface area contributed by atoms with Gasteiger partial charge in [0.05, 0.1) is 11.9 Å². The van der Waals surface area contributed by atoms with E-state index in [9.17, 15) is 4.79 Å². The van der Waals surface area contributed by atoms with E-state index < -0.39 is 0 Å². The van der Waals surface area contributed by atoms with E-state index in [4.69, 9.17) is 0 Å². The lowest BCUT2D eigenvalue weighted by atomic mass is 10.0. The first kappa shape index (κ1) is 14.2. The number of pyridine rings is 1. The van der Waals surface area contributed by atoms with Gasteiger partial charge in [-0.25, -0.2) is 0 Å². The summed E-state index contributed by atoms with van der Waals surface area (Å²) < 4.78 is 0. The number of nitrogens with one attached hydrogen (secondary N) is 2. The lowest BCUT2D eigenvalue weighted by molar-refractivity contribution is 0.102. The summed E-state index contributed by atoms with van der Waals surface area (Å²) >= 11 is 0. The predicted octanol–water partition coefficient (Wildman–Crippen LogP) is 2.40. The maximum Gasteiger partial charge on any atom is 0.255 e. The van der Waals surface area contributed by atoms with Gasteiger partial charge in [-0.05, 0) is 50.2 Å². The van der Waals surface area contributed by atoms with Gasteiger partial charge in [-0.1, -0.05) is 18.2 Å². The number of nitrogens with zero attached hydrogens (tertiary/aromatic N) is 1. The fourth-order valence-electron chi connectivity index (χ4n) is 2.04. The summed E-state index contributed by atoms with van der Waals surface area (Å²) in [4.78, 5) is 16.4. The van der Waals surface area contributed by atoms with Crippen molar-refractivity contribution in [1.82, 2.24) is 10.3 Å². The first-order valence-corrected chi connectivity index (χ1v) is 6.66. The molecule has 4 heteroatoms. The van der Waals surface area contributed by atoms with Crippen molar-refractivity contribution in [3.8, 4) is 0 Å². The summed E-state index contributed by atoms with van der Waals surface area (Å²) in [6, 6.07) is 9.58. The maximum absolute atomic E-state index is 12.4. The number of carbonyl (C=O) groups excluding carboxylic acids is 1. The molecule has 1 amide bonds. The molecule has 0 radical (unpaired) electrons. The van der Waals surface area contributed by atoms with Gasteiger partial charge in [-0.2, -0.15) is 0 Å². The van der Waals surface area contributed by atoms with Crippen molar-refractivity contribution in [3.63, 3.8) is 0 Å². The number of likely N-dealkylation sites (N-methyl/N-ethyl adjacent to an activating group) is 1. The highest BCUT2D eigenvalue weighted by atomic mass is 16.1. The highest BCUT2D eigenvalue weighted by molar-refractivity contribution is 6.05. The second kappa shape index (κ2) is 6.82. The SMILES string of the molecule is CNCCc1ccccc1C(=O)Nc1cncc(C)c1. The minimum atomic E-state index is -0.0934. The van der Waals surface area contributed by atoms with Crippen molar-refractivity contribution >= 4 is 11.6 Å². The molecule has 0 atom stereocenters. The summed E-state index contributed by atoms with van der Waals surface area (Å²) in [5.41, 5.74) is 3.49. The van der Waals surface area contributed by atoms with Crippen LogP contribution in [-0.4, -0.2) is 24.5 Å². The van der Waals surface area contributed by atoms with E-state index in [0.29, 0.717) is 5.56 Å². The monoisotopic (exact) mass is 269 g/mol. The lowest BCUT2D eigenvalue weighted by Crippen LogP contribution is -2.17. The molecule has 0 aliphatic rings. The Bertz CT molecular complexity index is 596. The van der Waals surface area contributed by atoms with E-state index in [1.807, 2.05) is 44.3 Å². The molecule has 0 aliphatic carbocycles. The number of benzene rings is 1. The Hall–Kier alpha value is -2.20. The fraction of sp³-hybridized carbons (Fsp3) is 0.250. The summed E-state index contributed by atoms with van der Waals surface area (Å²) in [6.07, 6.45) is 4.24. The first-order valence-electron chi connectivity index (χ1n) is 6.66. The number of anilines is 1. The average Bonchev–Trinajstić information content (AvgIpc) is 2.45. The average molecular weight is 269 g/mol. The normalized spacial score (nSPS) is 10.3. The zero-order valence-electron chi connectivity index (χ0n) is 11.8. The van der Waals surface area contributed by atoms with Crippen LogP contribution in [0.5, 0.6) is 0 Å². The largest absolute Gasteiger partial charge is 0.321 e. The molecule has 0 bridgehead atoms. The van der Waals surface area contributed by atoms with Crippen LogP contribution in [0.25, 0.3) is 0 Å². The number of amides is 1. The smallest absolute Gasteiger partial charge is 0.255 e. The van der Waals surface area contributed by atoms with E-state index in [-0.39, 0.29) is 5.91 Å². The number of rotatable bonds is 5. The Morgan fingerprint density at radius 3 is 2.80 bits per heavy atom. The van der Waals surface area contributed by atoms with Crippen LogP contribution in [0.1, 0.15) is 21.5 Å². The van der Waals surface area contributed by atoms with Gasteiger partial charge in [0, 0.05) is 11.8 Å².